The summed E-state index contributed by atoms with van der Waals surface area (Å²) in [6.07, 6.45) is 5.79. The molecule has 0 radical (unpaired) electrons. The molecule has 0 spiro atoms. The summed E-state index contributed by atoms with van der Waals surface area (Å²) in [6, 6.07) is 0. The van der Waals surface area contributed by atoms with Crippen molar-refractivity contribution in [2.24, 2.45) is 0 Å². The summed E-state index contributed by atoms with van der Waals surface area (Å²) >= 11 is 0. The molecule has 0 N–H and O–H groups in total. The van der Waals surface area contributed by atoms with Gasteiger partial charge in [0.25, 0.3) is 0 Å². The van der Waals surface area contributed by atoms with Crippen molar-refractivity contribution in [3.05, 3.63) is 36.0 Å². The third-order valence-corrected chi connectivity index (χ3v) is 1.27. The van der Waals surface area contributed by atoms with Crippen LogP contribution in [0.5, 0.6) is 0 Å². The Morgan fingerprint density at radius 2 is 1.70 bits per heavy atom. The van der Waals surface area contributed by atoms with E-state index in [1.165, 1.54) is 11.1 Å². The van der Waals surface area contributed by atoms with Crippen molar-refractivity contribution < 1.29 is 0 Å². The minimum absolute atomic E-state index is 0. The summed E-state index contributed by atoms with van der Waals surface area (Å²) < 4.78 is 0. The Kier molecular flexibility index (Phi) is 7.58. The van der Waals surface area contributed by atoms with Crippen molar-refractivity contribution >= 4 is 0 Å². The molecular formula is C10H18. The van der Waals surface area contributed by atoms with Gasteiger partial charge in [-0.2, -0.15) is 0 Å². The first kappa shape index (κ1) is 12.0. The van der Waals surface area contributed by atoms with E-state index in [9.17, 15) is 0 Å². The summed E-state index contributed by atoms with van der Waals surface area (Å²) in [7, 11) is 0. The molecule has 0 amide bonds. The largest absolute Gasteiger partial charge is 0.0991 e. The Balaban J connectivity index is 0. The highest BCUT2D eigenvalue weighted by atomic mass is 13.9. The minimum atomic E-state index is 0. The summed E-state index contributed by atoms with van der Waals surface area (Å²) in [5.41, 5.74) is 2.67. The fourth-order valence-electron chi connectivity index (χ4n) is 0.379. The van der Waals surface area contributed by atoms with E-state index in [4.69, 9.17) is 0 Å². The second-order valence-corrected chi connectivity index (χ2v) is 2.28. The first-order valence-electron chi connectivity index (χ1n) is 3.11. The van der Waals surface area contributed by atoms with Gasteiger partial charge in [0, 0.05) is 0 Å². The van der Waals surface area contributed by atoms with E-state index < -0.39 is 0 Å². The van der Waals surface area contributed by atoms with E-state index in [0.29, 0.717) is 0 Å². The molecule has 58 valence electrons. The highest BCUT2D eigenvalue weighted by Gasteiger charge is 1.81. The van der Waals surface area contributed by atoms with Gasteiger partial charge in [-0.3, -0.25) is 0 Å². The first-order valence-corrected chi connectivity index (χ1v) is 3.11. The molecule has 0 aromatic carbocycles. The molecule has 0 saturated heterocycles. The van der Waals surface area contributed by atoms with Gasteiger partial charge in [0.2, 0.25) is 0 Å². The standard InChI is InChI=1S/C9H14.CH4/c1-5-6-7-9(4)8(2)3;/h5-7H,1H2,2-4H3;1H4/b7-6-;. The quantitative estimate of drug-likeness (QED) is 0.510. The molecule has 0 rings (SSSR count). The lowest BCUT2D eigenvalue weighted by Gasteiger charge is -1.92. The Bertz CT molecular complexity index is 143. The predicted octanol–water partition coefficient (Wildman–Crippen LogP) is 3.72. The number of hydrogen-bond donors (Lipinski definition) is 0. The van der Waals surface area contributed by atoms with Crippen LogP contribution in [-0.4, -0.2) is 0 Å². The Labute approximate surface area is 65.0 Å². The smallest absolute Gasteiger partial charge is 0.0398 e. The maximum atomic E-state index is 3.58. The van der Waals surface area contributed by atoms with E-state index in [1.54, 1.807) is 6.08 Å². The van der Waals surface area contributed by atoms with Crippen molar-refractivity contribution in [3.63, 3.8) is 0 Å². The molecule has 0 aromatic heterocycles. The predicted molar refractivity (Wildman–Crippen MR) is 50.1 cm³/mol. The lowest BCUT2D eigenvalue weighted by atomic mass is 10.2. The number of rotatable bonds is 2. The van der Waals surface area contributed by atoms with Crippen molar-refractivity contribution in [2.45, 2.75) is 28.2 Å². The Hall–Kier alpha value is -0.780. The van der Waals surface area contributed by atoms with Gasteiger partial charge in [-0.25, -0.2) is 0 Å². The average Bonchev–Trinajstić information content (AvgIpc) is 1.82. The monoisotopic (exact) mass is 138 g/mol. The van der Waals surface area contributed by atoms with Crippen LogP contribution >= 0.6 is 0 Å². The van der Waals surface area contributed by atoms with E-state index in [1.807, 2.05) is 6.08 Å². The number of hydrogen-bond acceptors (Lipinski definition) is 0. The van der Waals surface area contributed by atoms with E-state index in [-0.39, 0.29) is 7.43 Å². The minimum Gasteiger partial charge on any atom is -0.0991 e. The molecule has 10 heavy (non-hydrogen) atoms. The molecule has 0 aromatic rings. The molecule has 0 heteroatoms. The van der Waals surface area contributed by atoms with Crippen LogP contribution in [0.15, 0.2) is 36.0 Å². The van der Waals surface area contributed by atoms with Crippen LogP contribution in [0.1, 0.15) is 28.2 Å². The SMILES string of the molecule is C.C=C/C=C\C(C)=C(C)C. The zero-order chi connectivity index (χ0) is 7.28. The molecule has 0 bridgehead atoms. The second kappa shape index (κ2) is 6.34. The van der Waals surface area contributed by atoms with Crippen molar-refractivity contribution in [2.75, 3.05) is 0 Å². The average molecular weight is 138 g/mol. The van der Waals surface area contributed by atoms with Crippen LogP contribution in [-0.2, 0) is 0 Å². The van der Waals surface area contributed by atoms with Crippen LogP contribution in [0.25, 0.3) is 0 Å². The highest BCUT2D eigenvalue weighted by molar-refractivity contribution is 5.23. The van der Waals surface area contributed by atoms with Gasteiger partial charge < -0.3 is 0 Å². The third-order valence-electron chi connectivity index (χ3n) is 1.27. The molecular weight excluding hydrogens is 120 g/mol. The first-order chi connectivity index (χ1) is 4.18. The maximum Gasteiger partial charge on any atom is -0.0398 e. The zero-order valence-corrected chi connectivity index (χ0v) is 6.44. The molecule has 0 atom stereocenters. The summed E-state index contributed by atoms with van der Waals surface area (Å²) in [6.45, 7) is 9.88. The van der Waals surface area contributed by atoms with E-state index >= 15 is 0 Å². The molecule has 0 unspecified atom stereocenters. The van der Waals surface area contributed by atoms with Gasteiger partial charge in [0.15, 0.2) is 0 Å². The maximum absolute atomic E-state index is 3.58. The summed E-state index contributed by atoms with van der Waals surface area (Å²) in [4.78, 5) is 0. The molecule has 0 saturated carbocycles. The van der Waals surface area contributed by atoms with E-state index in [2.05, 4.69) is 33.4 Å². The fourth-order valence-corrected chi connectivity index (χ4v) is 0.379. The molecule has 0 aliphatic heterocycles. The zero-order valence-electron chi connectivity index (χ0n) is 6.44. The van der Waals surface area contributed by atoms with Crippen LogP contribution < -0.4 is 0 Å². The second-order valence-electron chi connectivity index (χ2n) is 2.28. The summed E-state index contributed by atoms with van der Waals surface area (Å²) in [5, 5.41) is 0. The molecule has 0 heterocycles. The molecule has 0 aliphatic carbocycles. The van der Waals surface area contributed by atoms with Crippen LogP contribution in [0.3, 0.4) is 0 Å². The summed E-state index contributed by atoms with van der Waals surface area (Å²) in [5.74, 6) is 0. The van der Waals surface area contributed by atoms with Crippen LogP contribution in [0.2, 0.25) is 0 Å². The normalized spacial score (nSPS) is 8.70. The van der Waals surface area contributed by atoms with Gasteiger partial charge in [0.1, 0.15) is 0 Å². The van der Waals surface area contributed by atoms with Crippen molar-refractivity contribution in [3.8, 4) is 0 Å². The lowest BCUT2D eigenvalue weighted by molar-refractivity contribution is 1.29. The van der Waals surface area contributed by atoms with Crippen molar-refractivity contribution in [1.29, 1.82) is 0 Å². The van der Waals surface area contributed by atoms with Gasteiger partial charge in [-0.15, -0.1) is 0 Å². The van der Waals surface area contributed by atoms with Crippen molar-refractivity contribution in [1.82, 2.24) is 0 Å². The van der Waals surface area contributed by atoms with Gasteiger partial charge in [-0.1, -0.05) is 43.4 Å². The van der Waals surface area contributed by atoms with Gasteiger partial charge in [0.05, 0.1) is 0 Å². The third kappa shape index (κ3) is 5.36. The number of allylic oxidation sites excluding steroid dienone is 5. The van der Waals surface area contributed by atoms with E-state index in [0.717, 1.165) is 0 Å². The van der Waals surface area contributed by atoms with Crippen LogP contribution in [0, 0.1) is 0 Å². The van der Waals surface area contributed by atoms with Crippen LogP contribution in [0.4, 0.5) is 0 Å². The van der Waals surface area contributed by atoms with Gasteiger partial charge in [-0.05, 0) is 20.8 Å². The van der Waals surface area contributed by atoms with Gasteiger partial charge >= 0.3 is 0 Å². The fraction of sp³-hybridized carbons (Fsp3) is 0.400. The Morgan fingerprint density at radius 1 is 1.20 bits per heavy atom. The highest BCUT2D eigenvalue weighted by Crippen LogP contribution is 2.02. The lowest BCUT2D eigenvalue weighted by Crippen LogP contribution is -1.71. The Morgan fingerprint density at radius 3 is 2.00 bits per heavy atom. The topological polar surface area (TPSA) is 0 Å². The molecule has 0 aliphatic rings. The molecule has 0 fully saturated rings. The molecule has 0 nitrogen and oxygen atoms in total.